The summed E-state index contributed by atoms with van der Waals surface area (Å²) in [5, 5.41) is 3.23. The Hall–Kier alpha value is -0.850. The van der Waals surface area contributed by atoms with Gasteiger partial charge < -0.3 is 10.1 Å². The number of nitrogens with one attached hydrogen (secondary N) is 1. The summed E-state index contributed by atoms with van der Waals surface area (Å²) >= 11 is 0.570. The smallest absolute Gasteiger partial charge is 0.288 e. The second-order valence-corrected chi connectivity index (χ2v) is 5.67. The Bertz CT molecular complexity index is 420. The number of halogens is 2. The molecule has 0 amide bonds. The summed E-state index contributed by atoms with van der Waals surface area (Å²) in [6.07, 6.45) is 0.105. The van der Waals surface area contributed by atoms with Gasteiger partial charge in [0.05, 0.1) is 12.7 Å². The number of alkyl halides is 2. The van der Waals surface area contributed by atoms with E-state index in [0.29, 0.717) is 23.2 Å². The lowest BCUT2D eigenvalue weighted by Crippen LogP contribution is -2.45. The number of para-hydroxylation sites is 1. The van der Waals surface area contributed by atoms with Gasteiger partial charge >= 0.3 is 0 Å². The molecule has 1 aliphatic rings. The predicted octanol–water partition coefficient (Wildman–Crippen LogP) is 3.13. The maximum absolute atomic E-state index is 12.5. The van der Waals surface area contributed by atoms with Crippen LogP contribution in [0.1, 0.15) is 6.92 Å². The summed E-state index contributed by atoms with van der Waals surface area (Å²) < 4.78 is 30.7. The van der Waals surface area contributed by atoms with E-state index in [1.54, 1.807) is 12.1 Å². The Morgan fingerprint density at radius 2 is 2.25 bits per heavy atom. The van der Waals surface area contributed by atoms with Crippen molar-refractivity contribution >= 4 is 17.4 Å². The maximum atomic E-state index is 12.5. The zero-order valence-corrected chi connectivity index (χ0v) is 12.3. The Morgan fingerprint density at radius 3 is 3.00 bits per heavy atom. The molecule has 1 saturated heterocycles. The minimum Gasteiger partial charge on any atom is -0.381 e. The first kappa shape index (κ1) is 15.5. The Balaban J connectivity index is 1.90. The van der Waals surface area contributed by atoms with Crippen molar-refractivity contribution in [1.82, 2.24) is 4.90 Å². The van der Waals surface area contributed by atoms with Crippen LogP contribution in [-0.2, 0) is 4.74 Å². The molecule has 6 heteroatoms. The van der Waals surface area contributed by atoms with Crippen LogP contribution in [0.5, 0.6) is 0 Å². The van der Waals surface area contributed by atoms with Crippen molar-refractivity contribution in [1.29, 1.82) is 0 Å². The maximum Gasteiger partial charge on any atom is 0.288 e. The van der Waals surface area contributed by atoms with Crippen molar-refractivity contribution in [3.05, 3.63) is 24.3 Å². The molecular formula is C14H20F2N2OS. The van der Waals surface area contributed by atoms with Gasteiger partial charge in [0, 0.05) is 30.2 Å². The van der Waals surface area contributed by atoms with E-state index in [0.717, 1.165) is 31.9 Å². The average Bonchev–Trinajstić information content (AvgIpc) is 2.46. The van der Waals surface area contributed by atoms with E-state index in [-0.39, 0.29) is 6.10 Å². The van der Waals surface area contributed by atoms with Gasteiger partial charge in [0.2, 0.25) is 0 Å². The second kappa shape index (κ2) is 7.81. The number of hydrogen-bond donors (Lipinski definition) is 1. The SMILES string of the molecule is CCN1CCOC(CNc2ccccc2SC(F)F)C1. The number of rotatable bonds is 6. The van der Waals surface area contributed by atoms with Crippen molar-refractivity contribution in [3.8, 4) is 0 Å². The summed E-state index contributed by atoms with van der Waals surface area (Å²) in [4.78, 5) is 2.90. The van der Waals surface area contributed by atoms with Crippen LogP contribution in [0.25, 0.3) is 0 Å². The monoisotopic (exact) mass is 302 g/mol. The first-order valence-electron chi connectivity index (χ1n) is 6.80. The lowest BCUT2D eigenvalue weighted by Gasteiger charge is -2.32. The molecule has 1 aliphatic heterocycles. The number of morpholine rings is 1. The predicted molar refractivity (Wildman–Crippen MR) is 78.6 cm³/mol. The van der Waals surface area contributed by atoms with E-state index in [1.807, 2.05) is 12.1 Å². The van der Waals surface area contributed by atoms with Crippen LogP contribution < -0.4 is 5.32 Å². The molecule has 1 aromatic rings. The van der Waals surface area contributed by atoms with E-state index in [4.69, 9.17) is 4.74 Å². The number of likely N-dealkylation sites (N-methyl/N-ethyl adjacent to an activating group) is 1. The molecule has 1 N–H and O–H groups in total. The molecule has 2 rings (SSSR count). The van der Waals surface area contributed by atoms with Crippen LogP contribution in [0.2, 0.25) is 0 Å². The van der Waals surface area contributed by atoms with Crippen molar-refractivity contribution in [2.75, 3.05) is 38.1 Å². The highest BCUT2D eigenvalue weighted by Gasteiger charge is 2.19. The summed E-state index contributed by atoms with van der Waals surface area (Å²) in [5.74, 6) is -2.40. The molecule has 0 bridgehead atoms. The molecule has 0 saturated carbocycles. The van der Waals surface area contributed by atoms with Gasteiger partial charge in [-0.05, 0) is 18.7 Å². The fourth-order valence-electron chi connectivity index (χ4n) is 2.23. The van der Waals surface area contributed by atoms with Gasteiger partial charge in [-0.2, -0.15) is 8.78 Å². The molecule has 0 aliphatic carbocycles. The summed E-state index contributed by atoms with van der Waals surface area (Å²) in [7, 11) is 0. The van der Waals surface area contributed by atoms with Crippen molar-refractivity contribution in [2.24, 2.45) is 0 Å². The molecule has 20 heavy (non-hydrogen) atoms. The fourth-order valence-corrected chi connectivity index (χ4v) is 2.84. The van der Waals surface area contributed by atoms with Gasteiger partial charge in [0.25, 0.3) is 5.76 Å². The number of hydrogen-bond acceptors (Lipinski definition) is 4. The Labute approximate surface area is 122 Å². The number of ether oxygens (including phenoxy) is 1. The van der Waals surface area contributed by atoms with Crippen molar-refractivity contribution in [3.63, 3.8) is 0 Å². The largest absolute Gasteiger partial charge is 0.381 e. The topological polar surface area (TPSA) is 24.5 Å². The molecule has 0 aromatic heterocycles. The van der Waals surface area contributed by atoms with E-state index < -0.39 is 5.76 Å². The highest BCUT2D eigenvalue weighted by atomic mass is 32.2. The Morgan fingerprint density at radius 1 is 1.45 bits per heavy atom. The van der Waals surface area contributed by atoms with Gasteiger partial charge in [-0.15, -0.1) is 0 Å². The van der Waals surface area contributed by atoms with E-state index in [2.05, 4.69) is 17.1 Å². The molecule has 1 heterocycles. The van der Waals surface area contributed by atoms with Crippen LogP contribution in [0.3, 0.4) is 0 Å². The lowest BCUT2D eigenvalue weighted by atomic mass is 10.2. The zero-order chi connectivity index (χ0) is 14.4. The van der Waals surface area contributed by atoms with E-state index in [1.165, 1.54) is 0 Å². The molecule has 1 atom stereocenters. The molecular weight excluding hydrogens is 282 g/mol. The van der Waals surface area contributed by atoms with Crippen LogP contribution in [0, 0.1) is 0 Å². The standard InChI is InChI=1S/C14H20F2N2OS/c1-2-18-7-8-19-11(10-18)9-17-12-5-3-4-6-13(12)20-14(15)16/h3-6,11,14,17H,2,7-10H2,1H3. The highest BCUT2D eigenvalue weighted by molar-refractivity contribution is 7.99. The molecule has 0 spiro atoms. The minimum atomic E-state index is -2.40. The van der Waals surface area contributed by atoms with Crippen LogP contribution >= 0.6 is 11.8 Å². The zero-order valence-electron chi connectivity index (χ0n) is 11.5. The molecule has 1 unspecified atom stereocenters. The van der Waals surface area contributed by atoms with Gasteiger partial charge in [-0.1, -0.05) is 30.8 Å². The first-order valence-corrected chi connectivity index (χ1v) is 7.68. The molecule has 1 fully saturated rings. The number of anilines is 1. The third kappa shape index (κ3) is 4.61. The highest BCUT2D eigenvalue weighted by Crippen LogP contribution is 2.31. The number of nitrogens with zero attached hydrogens (tertiary/aromatic N) is 1. The van der Waals surface area contributed by atoms with Crippen molar-refractivity contribution < 1.29 is 13.5 Å². The fraction of sp³-hybridized carbons (Fsp3) is 0.571. The van der Waals surface area contributed by atoms with E-state index in [9.17, 15) is 8.78 Å². The van der Waals surface area contributed by atoms with Gasteiger partial charge in [0.1, 0.15) is 0 Å². The molecule has 112 valence electrons. The number of thioether (sulfide) groups is 1. The van der Waals surface area contributed by atoms with Gasteiger partial charge in [0.15, 0.2) is 0 Å². The van der Waals surface area contributed by atoms with Crippen LogP contribution in [0.15, 0.2) is 29.2 Å². The summed E-state index contributed by atoms with van der Waals surface area (Å²) in [5.41, 5.74) is 0.745. The van der Waals surface area contributed by atoms with E-state index >= 15 is 0 Å². The molecule has 3 nitrogen and oxygen atoms in total. The third-order valence-corrected chi connectivity index (χ3v) is 4.08. The van der Waals surface area contributed by atoms with Gasteiger partial charge in [-0.3, -0.25) is 4.90 Å². The number of benzene rings is 1. The quantitative estimate of drug-likeness (QED) is 0.816. The van der Waals surface area contributed by atoms with Gasteiger partial charge in [-0.25, -0.2) is 0 Å². The molecule has 1 aromatic carbocycles. The van der Waals surface area contributed by atoms with Crippen molar-refractivity contribution in [2.45, 2.75) is 23.7 Å². The van der Waals surface area contributed by atoms with Crippen LogP contribution in [0.4, 0.5) is 14.5 Å². The Kier molecular flexibility index (Phi) is 6.06. The lowest BCUT2D eigenvalue weighted by molar-refractivity contribution is -0.0192. The minimum absolute atomic E-state index is 0.105. The average molecular weight is 302 g/mol. The molecule has 0 radical (unpaired) electrons. The summed E-state index contributed by atoms with van der Waals surface area (Å²) in [6, 6.07) is 7.15. The normalized spacial score (nSPS) is 20.3. The van der Waals surface area contributed by atoms with Crippen LogP contribution in [-0.4, -0.2) is 49.5 Å². The third-order valence-electron chi connectivity index (χ3n) is 3.29. The first-order chi connectivity index (χ1) is 9.69. The summed E-state index contributed by atoms with van der Waals surface area (Å²) in [6.45, 7) is 6.35. The second-order valence-electron chi connectivity index (χ2n) is 4.64.